The van der Waals surface area contributed by atoms with Gasteiger partial charge in [0.05, 0.1) is 0 Å². The molecule has 0 saturated heterocycles. The molecular weight excluding hydrogens is 351 g/mol. The Morgan fingerprint density at radius 2 is 0.643 bits per heavy atom. The summed E-state index contributed by atoms with van der Waals surface area (Å²) in [6, 6.07) is 0. The van der Waals surface area contributed by atoms with E-state index in [1.807, 2.05) is 0 Å². The van der Waals surface area contributed by atoms with Crippen LogP contribution in [0.25, 0.3) is 0 Å². The average molecular weight is 409 g/mol. The van der Waals surface area contributed by atoms with Crippen LogP contribution in [0, 0.1) is 53.3 Å². The van der Waals surface area contributed by atoms with Gasteiger partial charge in [-0.15, -0.1) is 0 Å². The van der Waals surface area contributed by atoms with Gasteiger partial charge < -0.3 is 0 Å². The summed E-state index contributed by atoms with van der Waals surface area (Å²) in [7, 11) is 0. The Labute approximate surface area is 185 Å². The molecule has 0 aliphatic rings. The smallest absolute Gasteiger partial charge is 0.0905 e. The standard InChI is InChI=1S/3C9H19.Al/c3*1-6-8(4)9(5)7(2)3;/h3*7-9H,5-6H2,1-4H3;. The Bertz CT molecular complexity index is 315. The normalized spacial score (nSPS) is 19.0. The molecule has 0 spiro atoms. The fourth-order valence-corrected chi connectivity index (χ4v) is 11.7. The van der Waals surface area contributed by atoms with Gasteiger partial charge in [-0.2, -0.15) is 0 Å². The molecule has 0 aromatic heterocycles. The van der Waals surface area contributed by atoms with Gasteiger partial charge in [-0.1, -0.05) is 118 Å². The van der Waals surface area contributed by atoms with Crippen LogP contribution < -0.4 is 0 Å². The minimum absolute atomic E-state index is 0.786. The number of hydrogen-bond donors (Lipinski definition) is 0. The third-order valence-corrected chi connectivity index (χ3v) is 12.1. The van der Waals surface area contributed by atoms with Crippen molar-refractivity contribution in [2.45, 2.75) is 118 Å². The topological polar surface area (TPSA) is 0 Å². The molecular formula is C27H57Al. The van der Waals surface area contributed by atoms with Gasteiger partial charge in [-0.25, -0.2) is 0 Å². The minimum atomic E-state index is -0.786. The van der Waals surface area contributed by atoms with E-state index in [4.69, 9.17) is 0 Å². The largest absolute Gasteiger partial charge is 0.262 e. The fraction of sp³-hybridized carbons (Fsp3) is 1.00. The van der Waals surface area contributed by atoms with E-state index in [0.29, 0.717) is 0 Å². The Balaban J connectivity index is 5.66. The molecule has 28 heavy (non-hydrogen) atoms. The van der Waals surface area contributed by atoms with E-state index in [0.717, 1.165) is 53.3 Å². The first-order valence-electron chi connectivity index (χ1n) is 13.0. The van der Waals surface area contributed by atoms with Crippen LogP contribution in [0.4, 0.5) is 0 Å². The molecule has 0 bridgehead atoms. The van der Waals surface area contributed by atoms with Gasteiger partial charge in [0.25, 0.3) is 14.1 Å². The molecule has 0 heterocycles. The monoisotopic (exact) mass is 408 g/mol. The lowest BCUT2D eigenvalue weighted by Gasteiger charge is -2.36. The van der Waals surface area contributed by atoms with Crippen molar-refractivity contribution in [3.63, 3.8) is 0 Å². The van der Waals surface area contributed by atoms with E-state index in [1.54, 1.807) is 15.8 Å². The summed E-state index contributed by atoms with van der Waals surface area (Å²) in [6.45, 7) is 29.7. The average Bonchev–Trinajstić information content (AvgIpc) is 2.64. The van der Waals surface area contributed by atoms with Crippen molar-refractivity contribution in [3.05, 3.63) is 0 Å². The highest BCUT2D eigenvalue weighted by Gasteiger charge is 2.35. The Kier molecular flexibility index (Phi) is 14.8. The van der Waals surface area contributed by atoms with Crippen molar-refractivity contribution in [2.24, 2.45) is 53.3 Å². The molecule has 0 rings (SSSR count). The van der Waals surface area contributed by atoms with Crippen LogP contribution in [0.5, 0.6) is 0 Å². The Morgan fingerprint density at radius 3 is 0.786 bits per heavy atom. The number of rotatable bonds is 15. The van der Waals surface area contributed by atoms with E-state index in [2.05, 4.69) is 83.1 Å². The summed E-state index contributed by atoms with van der Waals surface area (Å²) in [6.07, 6.45) is 4.05. The quantitative estimate of drug-likeness (QED) is 0.237. The van der Waals surface area contributed by atoms with Crippen LogP contribution in [0.1, 0.15) is 102 Å². The summed E-state index contributed by atoms with van der Waals surface area (Å²) < 4.78 is 0. The zero-order valence-corrected chi connectivity index (χ0v) is 23.2. The van der Waals surface area contributed by atoms with Crippen LogP contribution in [0.2, 0.25) is 15.8 Å². The van der Waals surface area contributed by atoms with E-state index in [9.17, 15) is 0 Å². The molecule has 0 fully saturated rings. The third-order valence-electron chi connectivity index (χ3n) is 8.51. The van der Waals surface area contributed by atoms with Gasteiger partial charge in [0.15, 0.2) is 0 Å². The van der Waals surface area contributed by atoms with Crippen molar-refractivity contribution in [1.29, 1.82) is 0 Å². The Hall–Kier alpha value is 0.532. The molecule has 0 nitrogen and oxygen atoms in total. The second-order valence-electron chi connectivity index (χ2n) is 11.5. The van der Waals surface area contributed by atoms with Gasteiger partial charge >= 0.3 is 0 Å². The first-order chi connectivity index (χ1) is 13.0. The molecule has 168 valence electrons. The summed E-state index contributed by atoms with van der Waals surface area (Å²) in [5.41, 5.74) is 0. The molecule has 0 aromatic rings. The first-order valence-corrected chi connectivity index (χ1v) is 15.4. The lowest BCUT2D eigenvalue weighted by molar-refractivity contribution is 0.264. The first kappa shape index (κ1) is 28.5. The lowest BCUT2D eigenvalue weighted by atomic mass is 9.84. The second kappa shape index (κ2) is 14.5. The lowest BCUT2D eigenvalue weighted by Crippen LogP contribution is -2.33. The van der Waals surface area contributed by atoms with Crippen LogP contribution in [0.15, 0.2) is 0 Å². The van der Waals surface area contributed by atoms with Crippen LogP contribution in [-0.2, 0) is 0 Å². The highest BCUT2D eigenvalue weighted by atomic mass is 27.2. The number of hydrogen-bond acceptors (Lipinski definition) is 0. The summed E-state index contributed by atoms with van der Waals surface area (Å²) in [5, 5.41) is 4.77. The minimum Gasteiger partial charge on any atom is -0.0905 e. The zero-order valence-electron chi connectivity index (χ0n) is 22.0. The highest BCUT2D eigenvalue weighted by Crippen LogP contribution is 2.38. The second-order valence-corrected chi connectivity index (χ2v) is 14.6. The zero-order chi connectivity index (χ0) is 22.0. The van der Waals surface area contributed by atoms with Crippen molar-refractivity contribution in [2.75, 3.05) is 0 Å². The van der Waals surface area contributed by atoms with Gasteiger partial charge in [0.1, 0.15) is 0 Å². The van der Waals surface area contributed by atoms with Gasteiger partial charge in [0.2, 0.25) is 0 Å². The third kappa shape index (κ3) is 9.56. The molecule has 6 unspecified atom stereocenters. The predicted molar refractivity (Wildman–Crippen MR) is 134 cm³/mol. The SMILES string of the molecule is CCC(C)C([CH2][Al]([CH2]C(C(C)C)C(C)CC)[CH2]C(C(C)C)C(C)CC)C(C)C. The molecule has 0 aliphatic heterocycles. The highest BCUT2D eigenvalue weighted by molar-refractivity contribution is 6.59. The fourth-order valence-electron chi connectivity index (χ4n) is 5.84. The van der Waals surface area contributed by atoms with E-state index in [-0.39, 0.29) is 0 Å². The summed E-state index contributed by atoms with van der Waals surface area (Å²) in [4.78, 5) is 0. The molecule has 0 saturated carbocycles. The molecule has 0 aliphatic carbocycles. The molecule has 0 N–H and O–H groups in total. The van der Waals surface area contributed by atoms with E-state index < -0.39 is 14.1 Å². The molecule has 6 atom stereocenters. The van der Waals surface area contributed by atoms with Crippen LogP contribution in [0.3, 0.4) is 0 Å². The van der Waals surface area contributed by atoms with Crippen molar-refractivity contribution in [3.8, 4) is 0 Å². The van der Waals surface area contributed by atoms with Crippen molar-refractivity contribution in [1.82, 2.24) is 0 Å². The summed E-state index contributed by atoms with van der Waals surface area (Å²) >= 11 is -0.786. The molecule has 0 radical (unpaired) electrons. The van der Waals surface area contributed by atoms with E-state index >= 15 is 0 Å². The van der Waals surface area contributed by atoms with E-state index in [1.165, 1.54) is 19.3 Å². The maximum atomic E-state index is 2.53. The van der Waals surface area contributed by atoms with Crippen LogP contribution in [-0.4, -0.2) is 14.1 Å². The molecule has 0 aromatic carbocycles. The molecule has 1 heteroatoms. The van der Waals surface area contributed by atoms with Crippen molar-refractivity contribution < 1.29 is 0 Å². The van der Waals surface area contributed by atoms with Crippen molar-refractivity contribution >= 4 is 14.1 Å². The van der Waals surface area contributed by atoms with Gasteiger partial charge in [-0.3, -0.25) is 0 Å². The van der Waals surface area contributed by atoms with Gasteiger partial charge in [0, 0.05) is 0 Å². The van der Waals surface area contributed by atoms with Gasteiger partial charge in [-0.05, 0) is 53.3 Å². The summed E-state index contributed by atoms with van der Waals surface area (Å²) in [5.74, 6) is 8.00. The maximum Gasteiger partial charge on any atom is 0.262 e. The predicted octanol–water partition coefficient (Wildman–Crippen LogP) is 9.44. The Morgan fingerprint density at radius 1 is 0.429 bits per heavy atom. The van der Waals surface area contributed by atoms with Crippen LogP contribution >= 0.6 is 0 Å². The molecule has 0 amide bonds. The maximum absolute atomic E-state index is 2.53.